The Morgan fingerprint density at radius 1 is 1.50 bits per heavy atom. The van der Waals surface area contributed by atoms with E-state index in [-0.39, 0.29) is 0 Å². The smallest absolute Gasteiger partial charge is 0.191 e. The third-order valence-corrected chi connectivity index (χ3v) is 4.38. The van der Waals surface area contributed by atoms with Crippen molar-refractivity contribution in [1.82, 2.24) is 15.6 Å². The lowest BCUT2D eigenvalue weighted by atomic mass is 10.2. The fraction of sp³-hybridized carbons (Fsp3) is 0.733. The number of hydrogen-bond donors (Lipinski definition) is 2. The summed E-state index contributed by atoms with van der Waals surface area (Å²) in [6, 6.07) is 0.634. The standard InChI is InChI=1S/C15H26N4S/c1-4-6-12-9-14(12)19-15(16-5-2)17-8-7-13-10-20-11(3)18-13/h10,12,14H,4-9H2,1-3H3,(H2,16,17,19). The Kier molecular flexibility index (Phi) is 5.83. The number of guanidine groups is 1. The molecule has 4 nitrogen and oxygen atoms in total. The normalized spacial score (nSPS) is 21.9. The monoisotopic (exact) mass is 294 g/mol. The summed E-state index contributed by atoms with van der Waals surface area (Å²) in [6.07, 6.45) is 4.82. The molecule has 1 aromatic heterocycles. The van der Waals surface area contributed by atoms with Gasteiger partial charge in [-0.15, -0.1) is 11.3 Å². The summed E-state index contributed by atoms with van der Waals surface area (Å²) in [5, 5.41) is 10.1. The predicted octanol–water partition coefficient (Wildman–Crippen LogP) is 2.74. The molecule has 0 aromatic carbocycles. The quantitative estimate of drug-likeness (QED) is 0.600. The molecule has 2 unspecified atom stereocenters. The van der Waals surface area contributed by atoms with Crippen LogP contribution in [0.3, 0.4) is 0 Å². The average Bonchev–Trinajstić information content (AvgIpc) is 3.00. The number of nitrogens with one attached hydrogen (secondary N) is 2. The molecule has 0 spiro atoms. The van der Waals surface area contributed by atoms with Crippen molar-refractivity contribution >= 4 is 17.3 Å². The molecule has 20 heavy (non-hydrogen) atoms. The van der Waals surface area contributed by atoms with E-state index in [2.05, 4.69) is 39.8 Å². The second kappa shape index (κ2) is 7.62. The zero-order valence-corrected chi connectivity index (χ0v) is 13.6. The fourth-order valence-corrected chi connectivity index (χ4v) is 3.06. The van der Waals surface area contributed by atoms with E-state index in [0.717, 1.165) is 42.1 Å². The molecule has 0 radical (unpaired) electrons. The van der Waals surface area contributed by atoms with Crippen molar-refractivity contribution in [2.24, 2.45) is 10.9 Å². The SMILES string of the molecule is CCCC1CC1NC(=NCCc1csc(C)n1)NCC. The van der Waals surface area contributed by atoms with Gasteiger partial charge in [-0.2, -0.15) is 0 Å². The van der Waals surface area contributed by atoms with E-state index in [0.29, 0.717) is 6.04 Å². The van der Waals surface area contributed by atoms with Crippen molar-refractivity contribution in [3.05, 3.63) is 16.1 Å². The minimum atomic E-state index is 0.634. The molecule has 5 heteroatoms. The number of aryl methyl sites for hydroxylation is 1. The summed E-state index contributed by atoms with van der Waals surface area (Å²) >= 11 is 1.71. The third kappa shape index (κ3) is 4.78. The Balaban J connectivity index is 1.77. The number of aliphatic imine (C=N–C) groups is 1. The number of rotatable bonds is 7. The highest BCUT2D eigenvalue weighted by Crippen LogP contribution is 2.34. The number of hydrogen-bond acceptors (Lipinski definition) is 3. The van der Waals surface area contributed by atoms with Crippen molar-refractivity contribution in [1.29, 1.82) is 0 Å². The number of nitrogens with zero attached hydrogens (tertiary/aromatic N) is 2. The van der Waals surface area contributed by atoms with Crippen molar-refractivity contribution in [2.45, 2.75) is 52.5 Å². The van der Waals surface area contributed by atoms with E-state index in [9.17, 15) is 0 Å². The Morgan fingerprint density at radius 3 is 3.00 bits per heavy atom. The van der Waals surface area contributed by atoms with Crippen LogP contribution in [0.15, 0.2) is 10.4 Å². The maximum atomic E-state index is 4.65. The van der Waals surface area contributed by atoms with Gasteiger partial charge in [-0.05, 0) is 32.6 Å². The molecule has 1 saturated carbocycles. The second-order valence-electron chi connectivity index (χ2n) is 5.40. The van der Waals surface area contributed by atoms with Crippen LogP contribution >= 0.6 is 11.3 Å². The van der Waals surface area contributed by atoms with Crippen molar-refractivity contribution in [3.63, 3.8) is 0 Å². The van der Waals surface area contributed by atoms with Gasteiger partial charge in [0, 0.05) is 30.9 Å². The first kappa shape index (κ1) is 15.3. The van der Waals surface area contributed by atoms with Gasteiger partial charge in [-0.25, -0.2) is 4.98 Å². The van der Waals surface area contributed by atoms with Gasteiger partial charge in [0.1, 0.15) is 0 Å². The van der Waals surface area contributed by atoms with Crippen LogP contribution in [0.1, 0.15) is 43.8 Å². The van der Waals surface area contributed by atoms with Crippen molar-refractivity contribution in [3.8, 4) is 0 Å². The van der Waals surface area contributed by atoms with Gasteiger partial charge in [0.15, 0.2) is 5.96 Å². The van der Waals surface area contributed by atoms with Crippen molar-refractivity contribution < 1.29 is 0 Å². The van der Waals surface area contributed by atoms with Gasteiger partial charge in [0.05, 0.1) is 10.7 Å². The molecule has 0 amide bonds. The van der Waals surface area contributed by atoms with Gasteiger partial charge in [-0.3, -0.25) is 4.99 Å². The van der Waals surface area contributed by atoms with E-state index in [1.807, 2.05) is 6.92 Å². The maximum Gasteiger partial charge on any atom is 0.191 e. The lowest BCUT2D eigenvalue weighted by Gasteiger charge is -2.10. The first-order valence-corrected chi connectivity index (χ1v) is 8.56. The molecule has 1 aromatic rings. The van der Waals surface area contributed by atoms with Crippen molar-refractivity contribution in [2.75, 3.05) is 13.1 Å². The van der Waals surface area contributed by atoms with Crippen LogP contribution in [0.5, 0.6) is 0 Å². The highest BCUT2D eigenvalue weighted by molar-refractivity contribution is 7.09. The largest absolute Gasteiger partial charge is 0.357 e. The van der Waals surface area contributed by atoms with Crippen LogP contribution in [-0.4, -0.2) is 30.1 Å². The Bertz CT molecular complexity index is 441. The molecule has 1 heterocycles. The topological polar surface area (TPSA) is 49.3 Å². The molecule has 1 aliphatic rings. The van der Waals surface area contributed by atoms with E-state index in [4.69, 9.17) is 0 Å². The minimum Gasteiger partial charge on any atom is -0.357 e. The Hall–Kier alpha value is -1.10. The zero-order chi connectivity index (χ0) is 14.4. The molecule has 2 atom stereocenters. The van der Waals surface area contributed by atoms with Gasteiger partial charge in [0.2, 0.25) is 0 Å². The second-order valence-corrected chi connectivity index (χ2v) is 6.47. The highest BCUT2D eigenvalue weighted by Gasteiger charge is 2.36. The maximum absolute atomic E-state index is 4.65. The zero-order valence-electron chi connectivity index (χ0n) is 12.8. The van der Waals surface area contributed by atoms with Gasteiger partial charge in [0.25, 0.3) is 0 Å². The lowest BCUT2D eigenvalue weighted by molar-refractivity contribution is 0.655. The van der Waals surface area contributed by atoms with E-state index in [1.54, 1.807) is 11.3 Å². The number of aromatic nitrogens is 1. The molecule has 2 rings (SSSR count). The predicted molar refractivity (Wildman–Crippen MR) is 86.5 cm³/mol. The summed E-state index contributed by atoms with van der Waals surface area (Å²) in [5.41, 5.74) is 1.15. The summed E-state index contributed by atoms with van der Waals surface area (Å²) in [4.78, 5) is 9.12. The Morgan fingerprint density at radius 2 is 2.35 bits per heavy atom. The molecule has 2 N–H and O–H groups in total. The van der Waals surface area contributed by atoms with Crippen LogP contribution in [-0.2, 0) is 6.42 Å². The molecule has 112 valence electrons. The van der Waals surface area contributed by atoms with Crippen LogP contribution in [0.2, 0.25) is 0 Å². The van der Waals surface area contributed by atoms with E-state index < -0.39 is 0 Å². The Labute approximate surface area is 126 Å². The first-order valence-electron chi connectivity index (χ1n) is 7.68. The molecular formula is C15H26N4S. The van der Waals surface area contributed by atoms with Crippen LogP contribution in [0.25, 0.3) is 0 Å². The summed E-state index contributed by atoms with van der Waals surface area (Å²) in [7, 11) is 0. The van der Waals surface area contributed by atoms with Gasteiger partial charge >= 0.3 is 0 Å². The molecule has 0 bridgehead atoms. The highest BCUT2D eigenvalue weighted by atomic mass is 32.1. The third-order valence-electron chi connectivity index (χ3n) is 3.55. The number of thiazole rings is 1. The lowest BCUT2D eigenvalue weighted by Crippen LogP contribution is -2.39. The first-order chi connectivity index (χ1) is 9.72. The van der Waals surface area contributed by atoms with Gasteiger partial charge < -0.3 is 10.6 Å². The summed E-state index contributed by atoms with van der Waals surface area (Å²) < 4.78 is 0. The molecule has 0 saturated heterocycles. The van der Waals surface area contributed by atoms with Gasteiger partial charge in [-0.1, -0.05) is 13.3 Å². The fourth-order valence-electron chi connectivity index (χ4n) is 2.42. The van der Waals surface area contributed by atoms with Crippen LogP contribution < -0.4 is 10.6 Å². The van der Waals surface area contributed by atoms with E-state index >= 15 is 0 Å². The average molecular weight is 294 g/mol. The molecule has 1 fully saturated rings. The molecule has 1 aliphatic carbocycles. The minimum absolute atomic E-state index is 0.634. The van der Waals surface area contributed by atoms with E-state index in [1.165, 1.54) is 19.3 Å². The van der Waals surface area contributed by atoms with Crippen LogP contribution in [0.4, 0.5) is 0 Å². The molecule has 0 aliphatic heterocycles. The summed E-state index contributed by atoms with van der Waals surface area (Å²) in [5.74, 6) is 1.81. The molecular weight excluding hydrogens is 268 g/mol. The van der Waals surface area contributed by atoms with Crippen LogP contribution in [0, 0.1) is 12.8 Å². The summed E-state index contributed by atoms with van der Waals surface area (Å²) in [6.45, 7) is 8.11.